The second-order valence-electron chi connectivity index (χ2n) is 5.13. The number of aromatic nitrogens is 2. The van der Waals surface area contributed by atoms with Crippen molar-refractivity contribution in [3.8, 4) is 17.0 Å². The van der Waals surface area contributed by atoms with E-state index >= 15 is 0 Å². The number of fused-ring (bicyclic) bond motifs is 1. The lowest BCUT2D eigenvalue weighted by atomic mass is 10.1. The summed E-state index contributed by atoms with van der Waals surface area (Å²) in [6.45, 7) is 4.71. The molecule has 3 aromatic rings. The average Bonchev–Trinajstić information content (AvgIpc) is 2.93. The highest BCUT2D eigenvalue weighted by molar-refractivity contribution is 5.75. The van der Waals surface area contributed by atoms with Gasteiger partial charge in [0.25, 0.3) is 0 Å². The fourth-order valence-corrected chi connectivity index (χ4v) is 2.40. The number of imidazole rings is 1. The van der Waals surface area contributed by atoms with Gasteiger partial charge in [-0.25, -0.2) is 4.98 Å². The normalized spacial score (nSPS) is 10.8. The Balaban J connectivity index is 2.06. The predicted molar refractivity (Wildman–Crippen MR) is 86.6 cm³/mol. The lowest BCUT2D eigenvalue weighted by Gasteiger charge is -2.04. The first kappa shape index (κ1) is 14.3. The lowest BCUT2D eigenvalue weighted by Crippen LogP contribution is -1.94. The van der Waals surface area contributed by atoms with E-state index in [0.29, 0.717) is 18.1 Å². The topological polar surface area (TPSA) is 56.0 Å². The fraction of sp³-hybridized carbons (Fsp3) is 0.235. The lowest BCUT2D eigenvalue weighted by molar-refractivity contribution is 0.317. The van der Waals surface area contributed by atoms with Crippen LogP contribution >= 0.6 is 0 Å². The molecule has 0 bridgehead atoms. The SMILES string of the molecule is CCCOc1ccc(-c2nc3c(C)cccn3c2N=O)cc1. The fourth-order valence-electron chi connectivity index (χ4n) is 2.40. The molecule has 1 aromatic carbocycles. The predicted octanol–water partition coefficient (Wildman–Crippen LogP) is 4.50. The first-order valence-corrected chi connectivity index (χ1v) is 7.29. The third kappa shape index (κ3) is 2.45. The molecule has 0 spiro atoms. The van der Waals surface area contributed by atoms with Gasteiger partial charge in [-0.05, 0) is 54.4 Å². The van der Waals surface area contributed by atoms with Crippen LogP contribution in [-0.4, -0.2) is 16.0 Å². The van der Waals surface area contributed by atoms with Crippen LogP contribution < -0.4 is 4.74 Å². The molecule has 0 fully saturated rings. The van der Waals surface area contributed by atoms with Crippen molar-refractivity contribution in [2.45, 2.75) is 20.3 Å². The zero-order valence-corrected chi connectivity index (χ0v) is 12.6. The van der Waals surface area contributed by atoms with E-state index in [4.69, 9.17) is 4.74 Å². The smallest absolute Gasteiger partial charge is 0.209 e. The standard InChI is InChI=1S/C17H17N3O2/c1-3-11-22-14-8-6-13(7-9-14)15-17(19-21)20-10-4-5-12(2)16(20)18-15/h4-10H,3,11H2,1-2H3. The van der Waals surface area contributed by atoms with Crippen LogP contribution in [0.4, 0.5) is 5.82 Å². The number of ether oxygens (including phenoxy) is 1. The summed E-state index contributed by atoms with van der Waals surface area (Å²) in [6.07, 6.45) is 2.76. The Morgan fingerprint density at radius 2 is 2.00 bits per heavy atom. The van der Waals surface area contributed by atoms with E-state index in [1.807, 2.05) is 43.3 Å². The van der Waals surface area contributed by atoms with Gasteiger partial charge in [0.1, 0.15) is 17.1 Å². The Labute approximate surface area is 128 Å². The highest BCUT2D eigenvalue weighted by atomic mass is 16.5. The molecule has 22 heavy (non-hydrogen) atoms. The van der Waals surface area contributed by atoms with Crippen LogP contribution in [0.5, 0.6) is 5.75 Å². The molecule has 0 aliphatic carbocycles. The number of rotatable bonds is 5. The highest BCUT2D eigenvalue weighted by Gasteiger charge is 2.15. The van der Waals surface area contributed by atoms with E-state index in [0.717, 1.165) is 28.9 Å². The molecule has 0 N–H and O–H groups in total. The van der Waals surface area contributed by atoms with Crippen molar-refractivity contribution in [3.63, 3.8) is 0 Å². The van der Waals surface area contributed by atoms with Crippen molar-refractivity contribution in [1.29, 1.82) is 0 Å². The van der Waals surface area contributed by atoms with Gasteiger partial charge in [-0.3, -0.25) is 4.40 Å². The molecule has 0 amide bonds. The minimum atomic E-state index is 0.320. The number of nitroso groups, excluding NO2 is 1. The van der Waals surface area contributed by atoms with E-state index in [2.05, 4.69) is 17.1 Å². The molecule has 0 aliphatic heterocycles. The Kier molecular flexibility index (Phi) is 3.87. The van der Waals surface area contributed by atoms with E-state index < -0.39 is 0 Å². The van der Waals surface area contributed by atoms with Crippen LogP contribution in [0.25, 0.3) is 16.9 Å². The van der Waals surface area contributed by atoms with Gasteiger partial charge in [0.15, 0.2) is 0 Å². The third-order valence-electron chi connectivity index (χ3n) is 3.51. The minimum Gasteiger partial charge on any atom is -0.494 e. The molecule has 2 heterocycles. The number of pyridine rings is 1. The van der Waals surface area contributed by atoms with Crippen molar-refractivity contribution in [3.05, 3.63) is 53.1 Å². The van der Waals surface area contributed by atoms with Crippen LogP contribution in [0, 0.1) is 11.8 Å². The third-order valence-corrected chi connectivity index (χ3v) is 3.51. The summed E-state index contributed by atoms with van der Waals surface area (Å²) in [5.41, 5.74) is 3.19. The Morgan fingerprint density at radius 3 is 2.68 bits per heavy atom. The number of benzene rings is 1. The summed E-state index contributed by atoms with van der Waals surface area (Å²) in [5.74, 6) is 1.13. The molecule has 0 saturated heterocycles. The van der Waals surface area contributed by atoms with Gasteiger partial charge in [0, 0.05) is 11.8 Å². The maximum Gasteiger partial charge on any atom is 0.209 e. The first-order chi connectivity index (χ1) is 10.7. The van der Waals surface area contributed by atoms with Crippen molar-refractivity contribution in [1.82, 2.24) is 9.38 Å². The number of nitrogens with zero attached hydrogens (tertiary/aromatic N) is 3. The van der Waals surface area contributed by atoms with Gasteiger partial charge < -0.3 is 4.74 Å². The van der Waals surface area contributed by atoms with Gasteiger partial charge in [-0.2, -0.15) is 0 Å². The summed E-state index contributed by atoms with van der Waals surface area (Å²) in [4.78, 5) is 15.8. The zero-order valence-electron chi connectivity index (χ0n) is 12.6. The van der Waals surface area contributed by atoms with E-state index in [9.17, 15) is 4.91 Å². The van der Waals surface area contributed by atoms with Crippen LogP contribution in [0.15, 0.2) is 47.8 Å². The summed E-state index contributed by atoms with van der Waals surface area (Å²) < 4.78 is 7.29. The van der Waals surface area contributed by atoms with Gasteiger partial charge >= 0.3 is 0 Å². The first-order valence-electron chi connectivity index (χ1n) is 7.29. The second-order valence-corrected chi connectivity index (χ2v) is 5.13. The van der Waals surface area contributed by atoms with Gasteiger partial charge in [-0.1, -0.05) is 13.0 Å². The molecule has 5 nitrogen and oxygen atoms in total. The van der Waals surface area contributed by atoms with Crippen LogP contribution in [0.2, 0.25) is 0 Å². The van der Waals surface area contributed by atoms with E-state index in [1.165, 1.54) is 0 Å². The van der Waals surface area contributed by atoms with Crippen molar-refractivity contribution in [2.24, 2.45) is 5.18 Å². The summed E-state index contributed by atoms with van der Waals surface area (Å²) >= 11 is 0. The molecule has 0 atom stereocenters. The van der Waals surface area contributed by atoms with Gasteiger partial charge in [-0.15, -0.1) is 4.91 Å². The summed E-state index contributed by atoms with van der Waals surface area (Å²) in [7, 11) is 0. The van der Waals surface area contributed by atoms with Gasteiger partial charge in [0.2, 0.25) is 5.82 Å². The zero-order chi connectivity index (χ0) is 15.5. The van der Waals surface area contributed by atoms with Crippen molar-refractivity contribution < 1.29 is 4.74 Å². The van der Waals surface area contributed by atoms with Crippen LogP contribution in [-0.2, 0) is 0 Å². The Morgan fingerprint density at radius 1 is 1.23 bits per heavy atom. The maximum absolute atomic E-state index is 11.3. The molecule has 0 unspecified atom stereocenters. The second kappa shape index (κ2) is 5.97. The van der Waals surface area contributed by atoms with Crippen LogP contribution in [0.3, 0.4) is 0 Å². The Bertz CT molecular complexity index is 807. The van der Waals surface area contributed by atoms with E-state index in [1.54, 1.807) is 10.6 Å². The Hall–Kier alpha value is -2.69. The molecular formula is C17H17N3O2. The quantitative estimate of drug-likeness (QED) is 0.651. The summed E-state index contributed by atoms with van der Waals surface area (Å²) in [6, 6.07) is 11.4. The highest BCUT2D eigenvalue weighted by Crippen LogP contribution is 2.32. The minimum absolute atomic E-state index is 0.320. The average molecular weight is 295 g/mol. The molecule has 0 aliphatic rings. The molecular weight excluding hydrogens is 278 g/mol. The van der Waals surface area contributed by atoms with Crippen LogP contribution in [0.1, 0.15) is 18.9 Å². The van der Waals surface area contributed by atoms with Crippen molar-refractivity contribution >= 4 is 11.5 Å². The van der Waals surface area contributed by atoms with E-state index in [-0.39, 0.29) is 0 Å². The monoisotopic (exact) mass is 295 g/mol. The van der Waals surface area contributed by atoms with Crippen molar-refractivity contribution in [2.75, 3.05) is 6.61 Å². The molecule has 2 aromatic heterocycles. The number of aryl methyl sites for hydroxylation is 1. The number of hydrogen-bond acceptors (Lipinski definition) is 4. The summed E-state index contributed by atoms with van der Waals surface area (Å²) in [5, 5.41) is 3.17. The maximum atomic E-state index is 11.3. The molecule has 0 saturated carbocycles. The molecule has 112 valence electrons. The largest absolute Gasteiger partial charge is 0.494 e. The molecule has 5 heteroatoms. The molecule has 3 rings (SSSR count). The number of hydrogen-bond donors (Lipinski definition) is 0. The molecule has 0 radical (unpaired) electrons. The van der Waals surface area contributed by atoms with Gasteiger partial charge in [0.05, 0.1) is 6.61 Å².